The Morgan fingerprint density at radius 1 is 1.31 bits per heavy atom. The van der Waals surface area contributed by atoms with E-state index in [1.165, 1.54) is 4.57 Å². The molecule has 1 unspecified atom stereocenters. The second kappa shape index (κ2) is 9.71. The Balaban J connectivity index is 1.28. The molecule has 0 radical (unpaired) electrons. The number of benzene rings is 1. The fourth-order valence-corrected chi connectivity index (χ4v) is 7.05. The maximum absolute atomic E-state index is 12.7. The first kappa shape index (κ1) is 24.5. The number of anilines is 1. The Morgan fingerprint density at radius 2 is 2.09 bits per heavy atom. The predicted octanol–water partition coefficient (Wildman–Crippen LogP) is 4.17. The molecule has 1 amide bonds. The minimum Gasteiger partial charge on any atom is -0.352 e. The molecule has 0 bridgehead atoms. The quantitative estimate of drug-likeness (QED) is 0.571. The summed E-state index contributed by atoms with van der Waals surface area (Å²) in [6.45, 7) is 8.74. The molecule has 10 heteroatoms. The third kappa shape index (κ3) is 4.56. The summed E-state index contributed by atoms with van der Waals surface area (Å²) in [4.78, 5) is 28.7. The van der Waals surface area contributed by atoms with Crippen LogP contribution < -0.4 is 11.0 Å². The van der Waals surface area contributed by atoms with Crippen LogP contribution in [-0.2, 0) is 24.2 Å². The number of hydrogen-bond donors (Lipinski definition) is 1. The Morgan fingerprint density at radius 3 is 2.71 bits per heavy atom. The van der Waals surface area contributed by atoms with E-state index in [0.29, 0.717) is 12.5 Å². The molecule has 3 aliphatic heterocycles. The van der Waals surface area contributed by atoms with E-state index in [1.54, 1.807) is 26.1 Å². The van der Waals surface area contributed by atoms with Crippen molar-refractivity contribution in [2.45, 2.75) is 77.0 Å². The molecule has 0 spiro atoms. The number of aromatic nitrogens is 2. The van der Waals surface area contributed by atoms with E-state index in [4.69, 9.17) is 13.8 Å². The lowest BCUT2D eigenvalue weighted by molar-refractivity contribution is -0.118. The van der Waals surface area contributed by atoms with Gasteiger partial charge in [-0.25, -0.2) is 9.46 Å². The van der Waals surface area contributed by atoms with Gasteiger partial charge in [-0.2, -0.15) is 4.98 Å². The van der Waals surface area contributed by atoms with Crippen molar-refractivity contribution in [3.8, 4) is 0 Å². The summed E-state index contributed by atoms with van der Waals surface area (Å²) in [5, 5.41) is 2.67. The maximum atomic E-state index is 12.7. The molecule has 2 aromatic rings. The highest BCUT2D eigenvalue weighted by molar-refractivity contribution is 7.45. The molecule has 0 aliphatic carbocycles. The van der Waals surface area contributed by atoms with Gasteiger partial charge in [0.2, 0.25) is 5.91 Å². The maximum Gasteiger partial charge on any atom is 0.351 e. The summed E-state index contributed by atoms with van der Waals surface area (Å²) < 4.78 is 23.2. The van der Waals surface area contributed by atoms with Gasteiger partial charge in [0.25, 0.3) is 8.53 Å². The minimum absolute atomic E-state index is 0.151. The van der Waals surface area contributed by atoms with Gasteiger partial charge in [-0.1, -0.05) is 51.1 Å². The zero-order valence-corrected chi connectivity index (χ0v) is 21.5. The molecule has 5 rings (SSSR count). The third-order valence-electron chi connectivity index (χ3n) is 7.18. The van der Waals surface area contributed by atoms with E-state index in [-0.39, 0.29) is 29.9 Å². The molecule has 35 heavy (non-hydrogen) atoms. The number of nitrogens with one attached hydrogen (secondary N) is 1. The molecule has 188 valence electrons. The first-order valence-corrected chi connectivity index (χ1v) is 13.5. The van der Waals surface area contributed by atoms with Crippen molar-refractivity contribution in [3.05, 3.63) is 58.6 Å². The first-order chi connectivity index (χ1) is 16.8. The number of carbonyl (C=O) groups is 1. The molecular formula is C25H33N4O5P. The number of rotatable bonds is 7. The van der Waals surface area contributed by atoms with Crippen LogP contribution in [0, 0.1) is 5.92 Å². The Labute approximate surface area is 206 Å². The van der Waals surface area contributed by atoms with Gasteiger partial charge in [0, 0.05) is 25.1 Å². The zero-order chi connectivity index (χ0) is 24.7. The summed E-state index contributed by atoms with van der Waals surface area (Å²) in [6, 6.07) is 12.3. The topological polar surface area (TPSA) is 94.9 Å². The van der Waals surface area contributed by atoms with Crippen molar-refractivity contribution in [1.82, 2.24) is 14.2 Å². The van der Waals surface area contributed by atoms with E-state index < -0.39 is 26.0 Å². The average molecular weight is 501 g/mol. The van der Waals surface area contributed by atoms with Crippen LogP contribution in [-0.4, -0.2) is 44.9 Å². The first-order valence-electron chi connectivity index (χ1n) is 12.3. The molecule has 4 heterocycles. The standard InChI is InChI=1S/C25H33N4O5P/c1-5-18-19(15-22(32-18)28-13-12-21(27-24(28)31)26-23(30)16(2)3)33-35-29-14-11-20(29)25(4,34-35)17-9-7-6-8-10-17/h6-10,12-13,16,18-20,22H,5,11,14-15H2,1-4H3,(H,26,27,30,31)/t18-,19?,20+,22-,25+,35+/m1/s1. The van der Waals surface area contributed by atoms with Crippen LogP contribution >= 0.6 is 8.53 Å². The summed E-state index contributed by atoms with van der Waals surface area (Å²) in [5.74, 6) is -0.137. The second-order valence-electron chi connectivity index (χ2n) is 9.83. The second-order valence-corrected chi connectivity index (χ2v) is 11.2. The molecule has 0 saturated carbocycles. The zero-order valence-electron chi connectivity index (χ0n) is 20.6. The molecular weight excluding hydrogens is 467 g/mol. The Bertz CT molecular complexity index is 1130. The van der Waals surface area contributed by atoms with E-state index in [2.05, 4.69) is 41.0 Å². The van der Waals surface area contributed by atoms with Crippen LogP contribution in [0.15, 0.2) is 47.4 Å². The summed E-state index contributed by atoms with van der Waals surface area (Å²) >= 11 is 0. The van der Waals surface area contributed by atoms with Gasteiger partial charge in [0.1, 0.15) is 17.6 Å². The molecule has 3 aliphatic rings. The van der Waals surface area contributed by atoms with Gasteiger partial charge in [0.15, 0.2) is 0 Å². The molecule has 1 N–H and O–H groups in total. The number of hydrogen-bond acceptors (Lipinski definition) is 7. The van der Waals surface area contributed by atoms with Crippen molar-refractivity contribution in [2.24, 2.45) is 5.92 Å². The largest absolute Gasteiger partial charge is 0.352 e. The molecule has 6 atom stereocenters. The average Bonchev–Trinajstić information content (AvgIpc) is 3.29. The molecule has 3 saturated heterocycles. The Hall–Kier alpha value is -2.16. The Kier molecular flexibility index (Phi) is 6.81. The van der Waals surface area contributed by atoms with Crippen LogP contribution in [0.4, 0.5) is 5.82 Å². The lowest BCUT2D eigenvalue weighted by atomic mass is 9.83. The molecule has 1 aromatic carbocycles. The van der Waals surface area contributed by atoms with Crippen LogP contribution in [0.25, 0.3) is 0 Å². The van der Waals surface area contributed by atoms with Crippen LogP contribution in [0.1, 0.15) is 58.7 Å². The summed E-state index contributed by atoms with van der Waals surface area (Å²) in [5.41, 5.74) is 0.301. The van der Waals surface area contributed by atoms with Crippen LogP contribution in [0.5, 0.6) is 0 Å². The van der Waals surface area contributed by atoms with Crippen molar-refractivity contribution in [3.63, 3.8) is 0 Å². The van der Waals surface area contributed by atoms with Gasteiger partial charge in [0.05, 0.1) is 18.2 Å². The van der Waals surface area contributed by atoms with Gasteiger partial charge < -0.3 is 19.1 Å². The fourth-order valence-electron chi connectivity index (χ4n) is 4.93. The highest BCUT2D eigenvalue weighted by Gasteiger charge is 2.58. The van der Waals surface area contributed by atoms with E-state index in [9.17, 15) is 9.59 Å². The number of amides is 1. The van der Waals surface area contributed by atoms with E-state index >= 15 is 0 Å². The van der Waals surface area contributed by atoms with Crippen LogP contribution in [0.3, 0.4) is 0 Å². The number of fused-ring (bicyclic) bond motifs is 1. The minimum atomic E-state index is -1.23. The van der Waals surface area contributed by atoms with E-state index in [1.807, 2.05) is 18.2 Å². The predicted molar refractivity (Wildman–Crippen MR) is 133 cm³/mol. The highest BCUT2D eigenvalue weighted by Crippen LogP contribution is 2.65. The molecule has 3 fully saturated rings. The monoisotopic (exact) mass is 500 g/mol. The van der Waals surface area contributed by atoms with Gasteiger partial charge >= 0.3 is 5.69 Å². The summed E-state index contributed by atoms with van der Waals surface area (Å²) in [7, 11) is -1.23. The lowest BCUT2D eigenvalue weighted by Crippen LogP contribution is -2.49. The number of nitrogens with zero attached hydrogens (tertiary/aromatic N) is 3. The van der Waals surface area contributed by atoms with Gasteiger partial charge in [-0.05, 0) is 31.4 Å². The molecule has 9 nitrogen and oxygen atoms in total. The summed E-state index contributed by atoms with van der Waals surface area (Å²) in [6.07, 6.45) is 3.17. The van der Waals surface area contributed by atoms with Crippen molar-refractivity contribution < 1.29 is 18.6 Å². The normalized spacial score (nSPS) is 32.4. The number of ether oxygens (including phenoxy) is 1. The fraction of sp³-hybridized carbons (Fsp3) is 0.560. The highest BCUT2D eigenvalue weighted by atomic mass is 31.2. The van der Waals surface area contributed by atoms with Crippen molar-refractivity contribution >= 4 is 20.3 Å². The SMILES string of the molecule is CC[C@H]1O[C@@H](n2ccc(NC(=O)C(C)C)nc2=O)CC1O[P@@]1O[C@@](C)(c2ccccc2)[C@@H]2CCN21. The number of carbonyl (C=O) groups excluding carboxylic acids is 1. The van der Waals surface area contributed by atoms with Crippen LogP contribution in [0.2, 0.25) is 0 Å². The lowest BCUT2D eigenvalue weighted by Gasteiger charge is -2.40. The third-order valence-corrected chi connectivity index (χ3v) is 9.06. The van der Waals surface area contributed by atoms with Gasteiger partial charge in [-0.3, -0.25) is 9.36 Å². The van der Waals surface area contributed by atoms with Gasteiger partial charge in [-0.15, -0.1) is 0 Å². The molecule has 1 aromatic heterocycles. The van der Waals surface area contributed by atoms with Crippen molar-refractivity contribution in [2.75, 3.05) is 11.9 Å². The smallest absolute Gasteiger partial charge is 0.351 e. The van der Waals surface area contributed by atoms with Crippen molar-refractivity contribution in [1.29, 1.82) is 0 Å². The van der Waals surface area contributed by atoms with E-state index in [0.717, 1.165) is 24.9 Å².